The van der Waals surface area contributed by atoms with Crippen molar-refractivity contribution >= 4 is 12.0 Å². The van der Waals surface area contributed by atoms with Gasteiger partial charge >= 0.3 is 0 Å². The van der Waals surface area contributed by atoms with Crippen molar-refractivity contribution in [2.75, 3.05) is 13.7 Å². The van der Waals surface area contributed by atoms with E-state index in [4.69, 9.17) is 9.47 Å². The smallest absolute Gasteiger partial charge is 0.140 e. The molecule has 21 heavy (non-hydrogen) atoms. The Labute approximate surface area is 127 Å². The van der Waals surface area contributed by atoms with Crippen LogP contribution >= 0.6 is 0 Å². The van der Waals surface area contributed by atoms with E-state index in [9.17, 15) is 0 Å². The van der Waals surface area contributed by atoms with Gasteiger partial charge in [0.25, 0.3) is 0 Å². The molecule has 0 N–H and O–H groups in total. The van der Waals surface area contributed by atoms with Gasteiger partial charge < -0.3 is 9.47 Å². The van der Waals surface area contributed by atoms with Gasteiger partial charge in [0.05, 0.1) is 13.3 Å². The second kappa shape index (κ2) is 8.80. The van der Waals surface area contributed by atoms with E-state index >= 15 is 0 Å². The molecule has 0 saturated heterocycles. The maximum atomic E-state index is 5.94. The second-order valence-corrected chi connectivity index (χ2v) is 4.37. The standard InChI is InChI=1S/C18H23NO2/c1-6-9-18(21-15(7-2)13-19-8-3)17-11-10-16(20-5)12-14(17)4/h6-7,9-13H,1,8H2,2-5H3/b15-7+,18-9+,19-13-. The van der Waals surface area contributed by atoms with Gasteiger partial charge in [-0.25, -0.2) is 0 Å². The highest BCUT2D eigenvalue weighted by Crippen LogP contribution is 2.26. The van der Waals surface area contributed by atoms with Crippen LogP contribution in [0.1, 0.15) is 25.0 Å². The zero-order valence-electron chi connectivity index (χ0n) is 13.2. The minimum Gasteiger partial charge on any atom is -0.497 e. The summed E-state index contributed by atoms with van der Waals surface area (Å²) in [7, 11) is 1.66. The minimum absolute atomic E-state index is 0.708. The lowest BCUT2D eigenvalue weighted by Crippen LogP contribution is -1.98. The predicted molar refractivity (Wildman–Crippen MR) is 89.8 cm³/mol. The van der Waals surface area contributed by atoms with E-state index in [2.05, 4.69) is 11.6 Å². The molecule has 0 aliphatic rings. The number of rotatable bonds is 7. The van der Waals surface area contributed by atoms with Crippen LogP contribution in [0.4, 0.5) is 0 Å². The first kappa shape index (κ1) is 16.8. The fourth-order valence-corrected chi connectivity index (χ4v) is 1.79. The number of methoxy groups -OCH3 is 1. The van der Waals surface area contributed by atoms with Gasteiger partial charge in [0, 0.05) is 12.1 Å². The highest BCUT2D eigenvalue weighted by Gasteiger charge is 2.09. The van der Waals surface area contributed by atoms with Gasteiger partial charge in [0.1, 0.15) is 17.3 Å². The van der Waals surface area contributed by atoms with Crippen LogP contribution in [0.15, 0.2) is 53.8 Å². The van der Waals surface area contributed by atoms with E-state index < -0.39 is 0 Å². The predicted octanol–water partition coefficient (Wildman–Crippen LogP) is 4.54. The quantitative estimate of drug-likeness (QED) is 0.418. The molecule has 0 aliphatic carbocycles. The highest BCUT2D eigenvalue weighted by atomic mass is 16.5. The SMILES string of the molecule is C=C/C=C(/OC(/C=N\CC)=C/C)c1ccc(OC)cc1C. The summed E-state index contributed by atoms with van der Waals surface area (Å²) in [6.07, 6.45) is 7.17. The average Bonchev–Trinajstić information content (AvgIpc) is 2.50. The van der Waals surface area contributed by atoms with Crippen LogP contribution in [0.25, 0.3) is 5.76 Å². The Balaban J connectivity index is 3.11. The van der Waals surface area contributed by atoms with Gasteiger partial charge in [0.15, 0.2) is 0 Å². The Morgan fingerprint density at radius 2 is 2.14 bits per heavy atom. The Bertz CT molecular complexity index is 569. The third kappa shape index (κ3) is 4.95. The maximum Gasteiger partial charge on any atom is 0.140 e. The van der Waals surface area contributed by atoms with Crippen molar-refractivity contribution in [3.8, 4) is 5.75 Å². The number of hydrogen-bond acceptors (Lipinski definition) is 3. The molecule has 0 unspecified atom stereocenters. The number of aryl methyl sites for hydroxylation is 1. The minimum atomic E-state index is 0.708. The highest BCUT2D eigenvalue weighted by molar-refractivity contribution is 5.78. The average molecular weight is 285 g/mol. The first-order chi connectivity index (χ1) is 10.2. The molecule has 0 bridgehead atoms. The fraction of sp³-hybridized carbons (Fsp3) is 0.278. The number of allylic oxidation sites excluding steroid dienone is 4. The van der Waals surface area contributed by atoms with Crippen molar-refractivity contribution in [2.24, 2.45) is 4.99 Å². The summed E-state index contributed by atoms with van der Waals surface area (Å²) in [6.45, 7) is 10.4. The van der Waals surface area contributed by atoms with E-state index in [1.807, 2.05) is 51.1 Å². The molecule has 0 aromatic heterocycles. The molecular weight excluding hydrogens is 262 g/mol. The third-order valence-electron chi connectivity index (χ3n) is 2.88. The van der Waals surface area contributed by atoms with Crippen LogP contribution in [0.2, 0.25) is 0 Å². The first-order valence-corrected chi connectivity index (χ1v) is 6.98. The molecule has 3 heteroatoms. The van der Waals surface area contributed by atoms with Gasteiger partial charge in [-0.3, -0.25) is 4.99 Å². The summed E-state index contributed by atoms with van der Waals surface area (Å²) in [5.74, 6) is 2.27. The molecule has 1 aromatic carbocycles. The van der Waals surface area contributed by atoms with Crippen molar-refractivity contribution < 1.29 is 9.47 Å². The first-order valence-electron chi connectivity index (χ1n) is 6.98. The Hall–Kier alpha value is -2.29. The molecule has 0 radical (unpaired) electrons. The molecule has 1 aromatic rings. The van der Waals surface area contributed by atoms with Gasteiger partial charge in [-0.1, -0.05) is 12.7 Å². The van der Waals surface area contributed by atoms with Gasteiger partial charge in [-0.05, 0) is 56.7 Å². The summed E-state index contributed by atoms with van der Waals surface area (Å²) < 4.78 is 11.2. The van der Waals surface area contributed by atoms with E-state index in [0.717, 1.165) is 29.2 Å². The van der Waals surface area contributed by atoms with E-state index in [1.54, 1.807) is 19.4 Å². The Kier molecular flexibility index (Phi) is 7.02. The lowest BCUT2D eigenvalue weighted by Gasteiger charge is -2.13. The van der Waals surface area contributed by atoms with Crippen molar-refractivity contribution in [3.63, 3.8) is 0 Å². The molecule has 0 aliphatic heterocycles. The fourth-order valence-electron chi connectivity index (χ4n) is 1.79. The second-order valence-electron chi connectivity index (χ2n) is 4.37. The molecule has 0 heterocycles. The zero-order chi connectivity index (χ0) is 15.7. The molecule has 1 rings (SSSR count). The van der Waals surface area contributed by atoms with Gasteiger partial charge in [-0.2, -0.15) is 0 Å². The largest absolute Gasteiger partial charge is 0.497 e. The van der Waals surface area contributed by atoms with Crippen molar-refractivity contribution in [2.45, 2.75) is 20.8 Å². The van der Waals surface area contributed by atoms with Crippen LogP contribution in [0.5, 0.6) is 5.75 Å². The monoisotopic (exact) mass is 285 g/mol. The summed E-state index contributed by atoms with van der Waals surface area (Å²) in [5, 5.41) is 0. The molecule has 112 valence electrons. The van der Waals surface area contributed by atoms with Crippen LogP contribution in [0, 0.1) is 6.92 Å². The van der Waals surface area contributed by atoms with E-state index in [-0.39, 0.29) is 0 Å². The van der Waals surface area contributed by atoms with Crippen LogP contribution in [-0.4, -0.2) is 19.9 Å². The lowest BCUT2D eigenvalue weighted by atomic mass is 10.1. The van der Waals surface area contributed by atoms with Gasteiger partial charge in [0.2, 0.25) is 0 Å². The molecule has 0 amide bonds. The van der Waals surface area contributed by atoms with Gasteiger partial charge in [-0.15, -0.1) is 0 Å². The molecule has 0 spiro atoms. The van der Waals surface area contributed by atoms with Crippen LogP contribution in [0.3, 0.4) is 0 Å². The zero-order valence-corrected chi connectivity index (χ0v) is 13.2. The summed E-state index contributed by atoms with van der Waals surface area (Å²) >= 11 is 0. The summed E-state index contributed by atoms with van der Waals surface area (Å²) in [5.41, 5.74) is 2.07. The van der Waals surface area contributed by atoms with Crippen LogP contribution in [-0.2, 0) is 4.74 Å². The molecule has 0 atom stereocenters. The van der Waals surface area contributed by atoms with Crippen LogP contribution < -0.4 is 4.74 Å². The Morgan fingerprint density at radius 3 is 2.67 bits per heavy atom. The van der Waals surface area contributed by atoms with Crippen molar-refractivity contribution in [3.05, 3.63) is 59.9 Å². The molecule has 0 saturated carbocycles. The van der Waals surface area contributed by atoms with E-state index in [0.29, 0.717) is 5.76 Å². The van der Waals surface area contributed by atoms with Crippen molar-refractivity contribution in [1.82, 2.24) is 0 Å². The summed E-state index contributed by atoms with van der Waals surface area (Å²) in [6, 6.07) is 5.87. The molecule has 0 fully saturated rings. The number of benzene rings is 1. The maximum absolute atomic E-state index is 5.94. The Morgan fingerprint density at radius 1 is 1.38 bits per heavy atom. The third-order valence-corrected chi connectivity index (χ3v) is 2.88. The van der Waals surface area contributed by atoms with E-state index in [1.165, 1.54) is 0 Å². The molecular formula is C18H23NO2. The number of ether oxygens (including phenoxy) is 2. The molecule has 3 nitrogen and oxygen atoms in total. The van der Waals surface area contributed by atoms with Crippen molar-refractivity contribution in [1.29, 1.82) is 0 Å². The number of aliphatic imine (C=N–C) groups is 1. The summed E-state index contributed by atoms with van der Waals surface area (Å²) in [4.78, 5) is 4.21. The number of nitrogens with zero attached hydrogens (tertiary/aromatic N) is 1. The normalized spacial score (nSPS) is 12.6. The number of hydrogen-bond donors (Lipinski definition) is 0. The topological polar surface area (TPSA) is 30.8 Å². The lowest BCUT2D eigenvalue weighted by molar-refractivity contribution is 0.408.